The fourth-order valence-corrected chi connectivity index (χ4v) is 2.98. The Morgan fingerprint density at radius 1 is 1.38 bits per heavy atom. The van der Waals surface area contributed by atoms with Gasteiger partial charge in [0, 0.05) is 12.2 Å². The molecule has 3 rings (SSSR count). The summed E-state index contributed by atoms with van der Waals surface area (Å²) in [6, 6.07) is 5.62. The number of halogens is 1. The fourth-order valence-electron chi connectivity index (χ4n) is 2.78. The van der Waals surface area contributed by atoms with Crippen LogP contribution in [-0.4, -0.2) is 32.2 Å². The minimum absolute atomic E-state index is 0.290. The zero-order chi connectivity index (χ0) is 17.3. The van der Waals surface area contributed by atoms with Crippen molar-refractivity contribution >= 4 is 28.6 Å². The van der Waals surface area contributed by atoms with Gasteiger partial charge in [0.15, 0.2) is 0 Å². The molecule has 1 aromatic carbocycles. The largest absolute Gasteiger partial charge is 0.465 e. The molecule has 7 heteroatoms. The van der Waals surface area contributed by atoms with Crippen molar-refractivity contribution in [1.29, 1.82) is 0 Å². The van der Waals surface area contributed by atoms with Gasteiger partial charge in [-0.05, 0) is 32.0 Å². The Kier molecular flexibility index (Phi) is 4.57. The van der Waals surface area contributed by atoms with Crippen LogP contribution < -0.4 is 0 Å². The monoisotopic (exact) mass is 346 g/mol. The molecule has 0 N–H and O–H groups in total. The van der Waals surface area contributed by atoms with Gasteiger partial charge in [0.25, 0.3) is 0 Å². The highest BCUT2D eigenvalue weighted by atomic mass is 35.5. The Morgan fingerprint density at radius 3 is 2.83 bits per heavy atom. The van der Waals surface area contributed by atoms with Crippen molar-refractivity contribution in [2.24, 2.45) is 0 Å². The highest BCUT2D eigenvalue weighted by Gasteiger charge is 2.15. The molecule has 3 aromatic rings. The summed E-state index contributed by atoms with van der Waals surface area (Å²) in [6.45, 7) is 4.80. The van der Waals surface area contributed by atoms with Crippen molar-refractivity contribution in [2.75, 3.05) is 7.11 Å². The molecule has 0 radical (unpaired) electrons. The van der Waals surface area contributed by atoms with Crippen molar-refractivity contribution in [1.82, 2.24) is 19.1 Å². The number of nitrogens with zero attached hydrogens (tertiary/aromatic N) is 4. The lowest BCUT2D eigenvalue weighted by Gasteiger charge is -2.14. The predicted molar refractivity (Wildman–Crippen MR) is 92.3 cm³/mol. The third-order valence-electron chi connectivity index (χ3n) is 3.99. The molecule has 2 heterocycles. The van der Waals surface area contributed by atoms with Crippen molar-refractivity contribution in [3.63, 3.8) is 0 Å². The van der Waals surface area contributed by atoms with E-state index in [4.69, 9.17) is 16.3 Å². The van der Waals surface area contributed by atoms with E-state index in [1.165, 1.54) is 7.11 Å². The lowest BCUT2D eigenvalue weighted by molar-refractivity contribution is 0.0601. The molecule has 0 spiro atoms. The predicted octanol–water partition coefficient (Wildman–Crippen LogP) is 3.39. The molecule has 0 aliphatic heterocycles. The van der Waals surface area contributed by atoms with E-state index in [-0.39, 0.29) is 11.8 Å². The van der Waals surface area contributed by atoms with E-state index in [1.807, 2.05) is 23.2 Å². The Bertz CT molecular complexity index is 882. The van der Waals surface area contributed by atoms with E-state index in [9.17, 15) is 4.79 Å². The Hall–Kier alpha value is -2.34. The molecule has 0 saturated carbocycles. The molecular weight excluding hydrogens is 328 g/mol. The first-order valence-electron chi connectivity index (χ1n) is 7.69. The normalized spacial score (nSPS) is 11.4. The summed E-state index contributed by atoms with van der Waals surface area (Å²) in [5.74, 6) is 0.674. The number of imidazole rings is 2. The number of carbonyl (C=O) groups excluding carboxylic acids is 1. The van der Waals surface area contributed by atoms with Crippen LogP contribution in [0.2, 0.25) is 0 Å². The van der Waals surface area contributed by atoms with Crippen LogP contribution in [0.5, 0.6) is 0 Å². The van der Waals surface area contributed by atoms with Crippen molar-refractivity contribution in [2.45, 2.75) is 32.3 Å². The maximum absolute atomic E-state index is 11.8. The molecule has 2 aromatic heterocycles. The SMILES string of the molecule is COC(=O)c1ccc2nc(CCl)n(Cc3cncn3C(C)C)c2c1. The number of aromatic nitrogens is 4. The molecule has 0 atom stereocenters. The summed E-state index contributed by atoms with van der Waals surface area (Å²) >= 11 is 6.08. The van der Waals surface area contributed by atoms with E-state index in [0.717, 1.165) is 22.6 Å². The smallest absolute Gasteiger partial charge is 0.337 e. The summed E-state index contributed by atoms with van der Waals surface area (Å²) in [5, 5.41) is 0. The second-order valence-corrected chi connectivity index (χ2v) is 6.10. The second kappa shape index (κ2) is 6.65. The lowest BCUT2D eigenvalue weighted by Crippen LogP contribution is -2.11. The van der Waals surface area contributed by atoms with Gasteiger partial charge in [-0.1, -0.05) is 0 Å². The molecule has 0 saturated heterocycles. The van der Waals surface area contributed by atoms with E-state index in [2.05, 4.69) is 28.4 Å². The van der Waals surface area contributed by atoms with Crippen LogP contribution >= 0.6 is 11.6 Å². The lowest BCUT2D eigenvalue weighted by atomic mass is 10.2. The van der Waals surface area contributed by atoms with E-state index in [0.29, 0.717) is 18.2 Å². The number of hydrogen-bond acceptors (Lipinski definition) is 4. The molecule has 6 nitrogen and oxygen atoms in total. The Balaban J connectivity index is 2.10. The molecule has 24 heavy (non-hydrogen) atoms. The van der Waals surface area contributed by atoms with E-state index in [1.54, 1.807) is 12.1 Å². The number of carbonyl (C=O) groups is 1. The van der Waals surface area contributed by atoms with E-state index >= 15 is 0 Å². The van der Waals surface area contributed by atoms with Crippen molar-refractivity contribution in [3.8, 4) is 0 Å². The topological polar surface area (TPSA) is 61.9 Å². The van der Waals surface area contributed by atoms with Crippen LogP contribution in [0.15, 0.2) is 30.7 Å². The van der Waals surface area contributed by atoms with Gasteiger partial charge in [0.05, 0.1) is 48.2 Å². The van der Waals surface area contributed by atoms with Gasteiger partial charge >= 0.3 is 5.97 Å². The summed E-state index contributed by atoms with van der Waals surface area (Å²) in [7, 11) is 1.37. The van der Waals surface area contributed by atoms with Gasteiger partial charge in [0.2, 0.25) is 0 Å². The molecule has 0 fully saturated rings. The third kappa shape index (κ3) is 2.89. The molecule has 0 aliphatic carbocycles. The molecule has 126 valence electrons. The number of hydrogen-bond donors (Lipinski definition) is 0. The summed E-state index contributed by atoms with van der Waals surface area (Å²) in [4.78, 5) is 20.6. The quantitative estimate of drug-likeness (QED) is 0.525. The highest BCUT2D eigenvalue weighted by Crippen LogP contribution is 2.22. The summed E-state index contributed by atoms with van der Waals surface area (Å²) in [5.41, 5.74) is 3.20. The Morgan fingerprint density at radius 2 is 2.17 bits per heavy atom. The third-order valence-corrected chi connectivity index (χ3v) is 4.23. The number of alkyl halides is 1. The maximum atomic E-state index is 11.8. The standard InChI is InChI=1S/C17H19ClN4O2/c1-11(2)22-10-19-8-13(22)9-21-15-6-12(17(23)24-3)4-5-14(15)20-16(21)7-18/h4-6,8,10-11H,7,9H2,1-3H3. The average molecular weight is 347 g/mol. The average Bonchev–Trinajstić information content (AvgIpc) is 3.18. The minimum Gasteiger partial charge on any atom is -0.465 e. The van der Waals surface area contributed by atoms with Crippen molar-refractivity contribution < 1.29 is 9.53 Å². The van der Waals surface area contributed by atoms with Crippen LogP contribution in [0.25, 0.3) is 11.0 Å². The first-order chi connectivity index (χ1) is 11.5. The van der Waals surface area contributed by atoms with Gasteiger partial charge in [-0.3, -0.25) is 0 Å². The maximum Gasteiger partial charge on any atom is 0.337 e. The number of fused-ring (bicyclic) bond motifs is 1. The highest BCUT2D eigenvalue weighted by molar-refractivity contribution is 6.16. The zero-order valence-corrected chi connectivity index (χ0v) is 14.6. The van der Waals surface area contributed by atoms with Crippen LogP contribution in [0.4, 0.5) is 0 Å². The second-order valence-electron chi connectivity index (χ2n) is 5.83. The van der Waals surface area contributed by atoms with Crippen LogP contribution in [0.3, 0.4) is 0 Å². The van der Waals surface area contributed by atoms with Gasteiger partial charge in [-0.25, -0.2) is 14.8 Å². The first kappa shape index (κ1) is 16.5. The minimum atomic E-state index is -0.371. The number of esters is 1. The van der Waals surface area contributed by atoms with Gasteiger partial charge < -0.3 is 13.9 Å². The summed E-state index contributed by atoms with van der Waals surface area (Å²) < 4.78 is 8.93. The molecular formula is C17H19ClN4O2. The first-order valence-corrected chi connectivity index (χ1v) is 8.22. The van der Waals surface area contributed by atoms with Crippen LogP contribution in [0.1, 0.15) is 41.8 Å². The zero-order valence-electron chi connectivity index (χ0n) is 13.9. The van der Waals surface area contributed by atoms with Gasteiger partial charge in [0.1, 0.15) is 5.82 Å². The molecule has 0 unspecified atom stereocenters. The number of benzene rings is 1. The molecule has 0 aliphatic rings. The Labute approximate surface area is 145 Å². The van der Waals surface area contributed by atoms with E-state index < -0.39 is 0 Å². The van der Waals surface area contributed by atoms with Crippen LogP contribution in [-0.2, 0) is 17.2 Å². The number of ether oxygens (including phenoxy) is 1. The molecule has 0 amide bonds. The number of methoxy groups -OCH3 is 1. The van der Waals surface area contributed by atoms with Gasteiger partial charge in [-0.2, -0.15) is 0 Å². The van der Waals surface area contributed by atoms with Crippen LogP contribution in [0, 0.1) is 0 Å². The van der Waals surface area contributed by atoms with Crippen molar-refractivity contribution in [3.05, 3.63) is 47.8 Å². The number of rotatable bonds is 5. The summed E-state index contributed by atoms with van der Waals surface area (Å²) in [6.07, 6.45) is 3.66. The van der Waals surface area contributed by atoms with Gasteiger partial charge in [-0.15, -0.1) is 11.6 Å². The fraction of sp³-hybridized carbons (Fsp3) is 0.353. The molecule has 0 bridgehead atoms.